The Balaban J connectivity index is 0.534. The van der Waals surface area contributed by atoms with Crippen LogP contribution in [-0.4, -0.2) is 210 Å². The maximum Gasteiger partial charge on any atom is 0.261 e. The van der Waals surface area contributed by atoms with Crippen LogP contribution in [0.3, 0.4) is 0 Å². The smallest absolute Gasteiger partial charge is 0.261 e. The maximum absolute atomic E-state index is 7.41. The number of nitrogens with one attached hydrogen (secondary N) is 8. The van der Waals surface area contributed by atoms with Crippen molar-refractivity contribution in [1.29, 1.82) is 0 Å². The average Bonchev–Trinajstić information content (AvgIpc) is 1.27. The lowest BCUT2D eigenvalue weighted by molar-refractivity contribution is 0.0278. The van der Waals surface area contributed by atoms with Crippen LogP contribution < -0.4 is 63.3 Å². The van der Waals surface area contributed by atoms with Crippen LogP contribution in [0.2, 0.25) is 10.1 Å². The number of fused-ring (bicyclic) bond motifs is 4. The van der Waals surface area contributed by atoms with Crippen LogP contribution in [0, 0.1) is 0 Å². The van der Waals surface area contributed by atoms with Crippen LogP contribution in [0.15, 0.2) is 121 Å². The molecule has 8 N–H and O–H groups in total. The molecule has 8 fully saturated rings. The van der Waals surface area contributed by atoms with E-state index in [4.69, 9.17) is 8.85 Å². The molecular weight excluding hydrogens is 1170 g/mol. The Labute approximate surface area is 538 Å². The van der Waals surface area contributed by atoms with Gasteiger partial charge >= 0.3 is 0 Å². The van der Waals surface area contributed by atoms with E-state index in [1.54, 1.807) is 0 Å². The summed E-state index contributed by atoms with van der Waals surface area (Å²) in [6, 6.07) is 48.2. The monoisotopic (exact) mass is 1270 g/mol. The van der Waals surface area contributed by atoms with E-state index in [0.717, 1.165) is 75.2 Å². The van der Waals surface area contributed by atoms with Gasteiger partial charge in [0, 0.05) is 135 Å². The molecule has 0 spiro atoms. The molecule has 87 heavy (non-hydrogen) atoms. The van der Waals surface area contributed by atoms with Crippen molar-refractivity contribution in [3.05, 3.63) is 121 Å². The van der Waals surface area contributed by atoms with Gasteiger partial charge in [0.1, 0.15) is 25.2 Å². The summed E-state index contributed by atoms with van der Waals surface area (Å²) in [5.41, 5.74) is 0. The summed E-state index contributed by atoms with van der Waals surface area (Å²) >= 11 is 6.45. The summed E-state index contributed by atoms with van der Waals surface area (Å²) < 4.78 is 14.8. The van der Waals surface area contributed by atoms with Crippen molar-refractivity contribution in [2.75, 3.05) is 100 Å². The Kier molecular flexibility index (Phi) is 22.2. The van der Waals surface area contributed by atoms with E-state index in [0.29, 0.717) is 48.3 Å². The zero-order valence-electron chi connectivity index (χ0n) is 53.3. The Bertz CT molecular complexity index is 2460. The molecule has 476 valence electrons. The second kappa shape index (κ2) is 29.8. The number of hydrogen-bond donors (Lipinski definition) is 8. The van der Waals surface area contributed by atoms with Crippen LogP contribution in [0.25, 0.3) is 0 Å². The van der Waals surface area contributed by atoms with Crippen molar-refractivity contribution < 1.29 is 8.85 Å². The number of nitrogens with zero attached hydrogens (tertiary/aromatic N) is 4. The van der Waals surface area contributed by atoms with Gasteiger partial charge in [-0.05, 0) is 82.2 Å². The van der Waals surface area contributed by atoms with Crippen LogP contribution in [0.5, 0.6) is 0 Å². The minimum atomic E-state index is -2.59. The molecule has 0 saturated carbocycles. The van der Waals surface area contributed by atoms with Crippen molar-refractivity contribution in [2.45, 2.75) is 176 Å². The summed E-state index contributed by atoms with van der Waals surface area (Å²) in [7, 11) is -5.17. The van der Waals surface area contributed by atoms with E-state index in [9.17, 15) is 0 Å². The second-order valence-corrected chi connectivity index (χ2v) is 40.4. The van der Waals surface area contributed by atoms with Crippen molar-refractivity contribution in [2.24, 2.45) is 0 Å². The largest absolute Gasteiger partial charge is 0.406 e. The van der Waals surface area contributed by atoms with E-state index in [2.05, 4.69) is 260 Å². The highest BCUT2D eigenvalue weighted by Crippen LogP contribution is 2.39. The third-order valence-corrected chi connectivity index (χ3v) is 34.3. The summed E-state index contributed by atoms with van der Waals surface area (Å²) in [5.74, 6) is 6.98. The average molecular weight is 1280 g/mol. The number of benzene rings is 4. The van der Waals surface area contributed by atoms with Crippen LogP contribution in [0.4, 0.5) is 0 Å². The lowest BCUT2D eigenvalue weighted by atomic mass is 10.1. The zero-order valence-corrected chi connectivity index (χ0v) is 57.7. The Morgan fingerprint density at radius 2 is 0.517 bits per heavy atom. The Morgan fingerprint density at radius 1 is 0.322 bits per heavy atom. The van der Waals surface area contributed by atoms with Gasteiger partial charge in [-0.15, -0.1) is 0 Å². The third kappa shape index (κ3) is 15.6. The van der Waals surface area contributed by atoms with E-state index in [1.165, 1.54) is 97.0 Å². The van der Waals surface area contributed by atoms with Crippen molar-refractivity contribution in [3.63, 3.8) is 0 Å². The molecule has 19 heteroatoms. The predicted molar refractivity (Wildman–Crippen MR) is 373 cm³/mol. The van der Waals surface area contributed by atoms with E-state index >= 15 is 0 Å². The van der Waals surface area contributed by atoms with Gasteiger partial charge in [0.05, 0.1) is 13.2 Å². The van der Waals surface area contributed by atoms with Gasteiger partial charge in [-0.1, -0.05) is 163 Å². The van der Waals surface area contributed by atoms with Gasteiger partial charge in [-0.3, -0.25) is 62.1 Å². The molecule has 8 aliphatic heterocycles. The first-order chi connectivity index (χ1) is 42.3. The van der Waals surface area contributed by atoms with Gasteiger partial charge in [0.15, 0.2) is 0 Å². The summed E-state index contributed by atoms with van der Waals surface area (Å²) in [6.45, 7) is 25.0. The summed E-state index contributed by atoms with van der Waals surface area (Å²) in [5, 5.41) is 37.8. The molecule has 0 aromatic heterocycles. The highest BCUT2D eigenvalue weighted by Gasteiger charge is 2.52. The first kappa shape index (κ1) is 64.9. The lowest BCUT2D eigenvalue weighted by Crippen LogP contribution is -2.70. The molecule has 0 radical (unpaired) electrons. The maximum atomic E-state index is 7.41. The zero-order chi connectivity index (χ0) is 59.9. The minimum Gasteiger partial charge on any atom is -0.406 e. The molecule has 0 aliphatic carbocycles. The van der Waals surface area contributed by atoms with Crippen molar-refractivity contribution in [3.8, 4) is 0 Å². The molecule has 12 rings (SSSR count). The topological polar surface area (TPSA) is 128 Å². The SMILES string of the molecule is CC(C)(C)[Si](OC[C@H]1CCN2CC[C@H](CSC[C@H]3CCN4CC[C@H](CSC[C@H]5CCN6CC[C@H](CSC[C@H]7CCN8CC[C@H](CO[Si](c9ccccc9)(c9ccccc9)C(C)(C)C)NC8N7)NC6N5)NC4N3)NC2N1)(c1ccccc1)c1ccccc1. The molecule has 0 amide bonds. The number of hydrogen-bond acceptors (Lipinski definition) is 17. The molecule has 8 saturated heterocycles. The fourth-order valence-electron chi connectivity index (χ4n) is 15.6. The highest BCUT2D eigenvalue weighted by molar-refractivity contribution is 7.99. The summed E-state index contributed by atoms with van der Waals surface area (Å²) in [6.07, 6.45) is 10.5. The molecule has 4 aromatic carbocycles. The van der Waals surface area contributed by atoms with Crippen molar-refractivity contribution in [1.82, 2.24) is 62.1 Å². The molecule has 8 aliphatic rings. The first-order valence-electron chi connectivity index (χ1n) is 33.6. The third-order valence-electron chi connectivity index (χ3n) is 20.5. The minimum absolute atomic E-state index is 0.0252. The van der Waals surface area contributed by atoms with Crippen LogP contribution in [-0.2, 0) is 8.85 Å². The fourth-order valence-corrected chi connectivity index (χ4v) is 28.5. The van der Waals surface area contributed by atoms with Crippen molar-refractivity contribution >= 4 is 72.7 Å². The number of rotatable bonds is 22. The van der Waals surface area contributed by atoms with Gasteiger partial charge in [0.25, 0.3) is 16.6 Å². The Morgan fingerprint density at radius 3 is 0.724 bits per heavy atom. The molecule has 4 unspecified atom stereocenters. The van der Waals surface area contributed by atoms with Crippen LogP contribution >= 0.6 is 35.3 Å². The second-order valence-electron chi connectivity index (χ2n) is 28.5. The fraction of sp³-hybridized carbons (Fsp3) is 0.647. The quantitative estimate of drug-likeness (QED) is 0.0467. The first-order valence-corrected chi connectivity index (χ1v) is 40.9. The van der Waals surface area contributed by atoms with E-state index in [-0.39, 0.29) is 35.2 Å². The van der Waals surface area contributed by atoms with Crippen LogP contribution in [0.1, 0.15) is 92.9 Å². The van der Waals surface area contributed by atoms with Gasteiger partial charge in [-0.2, -0.15) is 35.3 Å². The molecule has 0 bridgehead atoms. The van der Waals surface area contributed by atoms with Gasteiger partial charge in [0.2, 0.25) is 0 Å². The van der Waals surface area contributed by atoms with Gasteiger partial charge < -0.3 is 8.85 Å². The molecule has 12 atom stereocenters. The molecular formula is C68H106N12O2S3Si2. The Hall–Kier alpha value is -2.20. The predicted octanol–water partition coefficient (Wildman–Crippen LogP) is 5.58. The summed E-state index contributed by atoms with van der Waals surface area (Å²) in [4.78, 5) is 10.5. The standard InChI is InChI=1S/C68H106N12O2S3Si2/c1-67(2,3)86(59-19-11-7-12-20-59,60-21-13-8-14-22-60)81-43-51-27-35-77-37-29-53(71-63(77)69-51)45-83-47-55-31-39-79-41-33-57(75-65(79)73-55)49-85-50-58-34-42-80-40-32-56(74-66(80)76-58)48-84-46-54-30-38-78-36-28-52(70-64(78)72-54)44-82-87(68(4,5)6,61-23-15-9-16-24-61)62-25-17-10-18-26-62/h7-26,51-58,63-66,69-76H,27-50H2,1-6H3/t51-,52-,53-,54-,55-,56-,57-,58-,63?,64?,65?,66?/m1/s1. The molecule has 14 nitrogen and oxygen atoms in total. The van der Waals surface area contributed by atoms with E-state index in [1.807, 2.05) is 0 Å². The highest BCUT2D eigenvalue weighted by atomic mass is 32.2. The normalized spacial score (nSPS) is 30.9. The number of thioether (sulfide) groups is 3. The molecule has 8 heterocycles. The lowest BCUT2D eigenvalue weighted by Gasteiger charge is -2.48. The van der Waals surface area contributed by atoms with E-state index < -0.39 is 16.6 Å². The van der Waals surface area contributed by atoms with Gasteiger partial charge in [-0.25, -0.2) is 0 Å². The molecule has 4 aromatic rings.